The van der Waals surface area contributed by atoms with Crippen molar-refractivity contribution >= 4 is 23.0 Å². The Hall–Kier alpha value is -1.49. The Kier molecular flexibility index (Phi) is 5.03. The second-order valence-electron chi connectivity index (χ2n) is 6.27. The van der Waals surface area contributed by atoms with E-state index in [4.69, 9.17) is 12.2 Å². The van der Waals surface area contributed by atoms with Crippen LogP contribution < -0.4 is 10.2 Å². The number of benzene rings is 1. The summed E-state index contributed by atoms with van der Waals surface area (Å²) >= 11 is 5.59. The lowest BCUT2D eigenvalue weighted by Crippen LogP contribution is -2.53. The lowest BCUT2D eigenvalue weighted by atomic mass is 9.96. The van der Waals surface area contributed by atoms with Gasteiger partial charge in [0.05, 0.1) is 0 Å². The van der Waals surface area contributed by atoms with Crippen molar-refractivity contribution in [3.8, 4) is 5.75 Å². The molecule has 1 saturated carbocycles. The quantitative estimate of drug-likeness (QED) is 0.820. The van der Waals surface area contributed by atoms with Gasteiger partial charge in [0.15, 0.2) is 5.11 Å². The van der Waals surface area contributed by atoms with E-state index in [1.807, 2.05) is 12.1 Å². The first kappa shape index (κ1) is 15.4. The number of nitrogens with zero attached hydrogens (tertiary/aromatic N) is 2. The number of thiocarbonyl (C=S) groups is 1. The number of phenols is 1. The van der Waals surface area contributed by atoms with E-state index in [9.17, 15) is 5.11 Å². The number of aromatic hydroxyl groups is 1. The summed E-state index contributed by atoms with van der Waals surface area (Å²) in [5, 5.41) is 13.9. The summed E-state index contributed by atoms with van der Waals surface area (Å²) in [4.78, 5) is 4.64. The Labute approximate surface area is 138 Å². The Morgan fingerprint density at radius 2 is 1.64 bits per heavy atom. The van der Waals surface area contributed by atoms with Crippen LogP contribution in [0.4, 0.5) is 5.69 Å². The van der Waals surface area contributed by atoms with Crippen LogP contribution in [-0.2, 0) is 0 Å². The molecule has 1 saturated heterocycles. The van der Waals surface area contributed by atoms with E-state index in [-0.39, 0.29) is 0 Å². The van der Waals surface area contributed by atoms with Crippen LogP contribution in [0.5, 0.6) is 5.75 Å². The van der Waals surface area contributed by atoms with Crippen LogP contribution >= 0.6 is 12.2 Å². The highest BCUT2D eigenvalue weighted by Crippen LogP contribution is 2.21. The Morgan fingerprint density at radius 1 is 1.00 bits per heavy atom. The summed E-state index contributed by atoms with van der Waals surface area (Å²) in [6, 6.07) is 8.03. The summed E-state index contributed by atoms with van der Waals surface area (Å²) < 4.78 is 0. The predicted octanol–water partition coefficient (Wildman–Crippen LogP) is 2.72. The van der Waals surface area contributed by atoms with Crippen molar-refractivity contribution in [2.75, 3.05) is 31.1 Å². The first-order valence-electron chi connectivity index (χ1n) is 8.32. The Balaban J connectivity index is 1.48. The highest BCUT2D eigenvalue weighted by atomic mass is 32.1. The smallest absolute Gasteiger partial charge is 0.169 e. The molecule has 3 rings (SSSR count). The fourth-order valence-electron chi connectivity index (χ4n) is 3.34. The van der Waals surface area contributed by atoms with Gasteiger partial charge in [0.1, 0.15) is 5.75 Å². The molecule has 2 aliphatic rings. The zero-order valence-electron chi connectivity index (χ0n) is 13.0. The van der Waals surface area contributed by atoms with Crippen molar-refractivity contribution in [3.05, 3.63) is 24.3 Å². The first-order valence-corrected chi connectivity index (χ1v) is 8.72. The molecule has 1 heterocycles. The minimum Gasteiger partial charge on any atom is -0.508 e. The summed E-state index contributed by atoms with van der Waals surface area (Å²) in [5.41, 5.74) is 1.17. The molecule has 0 unspecified atom stereocenters. The van der Waals surface area contributed by atoms with Crippen molar-refractivity contribution in [2.24, 2.45) is 0 Å². The van der Waals surface area contributed by atoms with Crippen molar-refractivity contribution in [1.29, 1.82) is 0 Å². The average molecular weight is 319 g/mol. The molecule has 1 aliphatic heterocycles. The van der Waals surface area contributed by atoms with Gasteiger partial charge in [0.2, 0.25) is 0 Å². The van der Waals surface area contributed by atoms with Gasteiger partial charge < -0.3 is 20.2 Å². The lowest BCUT2D eigenvalue weighted by molar-refractivity contribution is 0.355. The number of rotatable bonds is 2. The number of phenolic OH excluding ortho intramolecular Hbond substituents is 1. The second kappa shape index (κ2) is 7.18. The fraction of sp³-hybridized carbons (Fsp3) is 0.588. The van der Waals surface area contributed by atoms with Crippen LogP contribution in [0.1, 0.15) is 32.1 Å². The first-order chi connectivity index (χ1) is 10.7. The average Bonchev–Trinajstić information content (AvgIpc) is 2.57. The maximum Gasteiger partial charge on any atom is 0.169 e. The second-order valence-corrected chi connectivity index (χ2v) is 6.66. The maximum atomic E-state index is 9.37. The van der Waals surface area contributed by atoms with Crippen molar-refractivity contribution in [3.63, 3.8) is 0 Å². The zero-order valence-corrected chi connectivity index (χ0v) is 13.8. The van der Waals surface area contributed by atoms with Crippen LogP contribution in [0.15, 0.2) is 24.3 Å². The molecule has 0 radical (unpaired) electrons. The normalized spacial score (nSPS) is 20.0. The van der Waals surface area contributed by atoms with Gasteiger partial charge in [-0.1, -0.05) is 19.3 Å². The maximum absolute atomic E-state index is 9.37. The Bertz CT molecular complexity index is 491. The molecule has 120 valence electrons. The van der Waals surface area contributed by atoms with E-state index in [1.165, 1.54) is 37.8 Å². The van der Waals surface area contributed by atoms with Gasteiger partial charge in [0.25, 0.3) is 0 Å². The highest BCUT2D eigenvalue weighted by molar-refractivity contribution is 7.80. The number of hydrogen-bond donors (Lipinski definition) is 2. The molecule has 1 aromatic carbocycles. The van der Waals surface area contributed by atoms with E-state index < -0.39 is 0 Å². The molecule has 0 aromatic heterocycles. The molecule has 2 N–H and O–H groups in total. The standard InChI is InChI=1S/C17H25N3OS/c21-16-8-6-15(7-9-16)19-10-12-20(13-11-19)17(22)18-14-4-2-1-3-5-14/h6-9,14,21H,1-5,10-13H2,(H,18,22). The number of anilines is 1. The Morgan fingerprint density at radius 3 is 2.27 bits per heavy atom. The van der Waals surface area contributed by atoms with Gasteiger partial charge in [-0.05, 0) is 49.3 Å². The van der Waals surface area contributed by atoms with Crippen LogP contribution in [0.25, 0.3) is 0 Å². The van der Waals surface area contributed by atoms with Gasteiger partial charge >= 0.3 is 0 Å². The van der Waals surface area contributed by atoms with Gasteiger partial charge in [-0.3, -0.25) is 0 Å². The van der Waals surface area contributed by atoms with E-state index >= 15 is 0 Å². The summed E-state index contributed by atoms with van der Waals surface area (Å²) in [5.74, 6) is 0.320. The third-order valence-electron chi connectivity index (χ3n) is 4.71. The topological polar surface area (TPSA) is 38.7 Å². The molecule has 2 fully saturated rings. The summed E-state index contributed by atoms with van der Waals surface area (Å²) in [7, 11) is 0. The summed E-state index contributed by atoms with van der Waals surface area (Å²) in [6.45, 7) is 3.85. The van der Waals surface area contributed by atoms with Crippen LogP contribution in [0.2, 0.25) is 0 Å². The monoisotopic (exact) mass is 319 g/mol. The minimum absolute atomic E-state index is 0.320. The molecule has 4 nitrogen and oxygen atoms in total. The van der Waals surface area contributed by atoms with Crippen molar-refractivity contribution < 1.29 is 5.11 Å². The molecule has 0 atom stereocenters. The molecule has 0 spiro atoms. The molecule has 1 aromatic rings. The molecule has 0 amide bonds. The molecule has 22 heavy (non-hydrogen) atoms. The molecular formula is C17H25N3OS. The van der Waals surface area contributed by atoms with Crippen LogP contribution in [0.3, 0.4) is 0 Å². The predicted molar refractivity (Wildman–Crippen MR) is 94.5 cm³/mol. The van der Waals surface area contributed by atoms with E-state index in [0.717, 1.165) is 31.3 Å². The third-order valence-corrected chi connectivity index (χ3v) is 5.09. The van der Waals surface area contributed by atoms with Gasteiger partial charge in [0, 0.05) is 37.9 Å². The minimum atomic E-state index is 0.320. The molecule has 1 aliphatic carbocycles. The molecule has 5 heteroatoms. The largest absolute Gasteiger partial charge is 0.508 e. The number of piperazine rings is 1. The van der Waals surface area contributed by atoms with Gasteiger partial charge in [-0.25, -0.2) is 0 Å². The van der Waals surface area contributed by atoms with E-state index in [0.29, 0.717) is 11.8 Å². The highest BCUT2D eigenvalue weighted by Gasteiger charge is 2.21. The molecule has 0 bridgehead atoms. The number of nitrogens with one attached hydrogen (secondary N) is 1. The third kappa shape index (κ3) is 3.83. The van der Waals surface area contributed by atoms with Crippen LogP contribution in [0, 0.1) is 0 Å². The fourth-order valence-corrected chi connectivity index (χ4v) is 3.69. The van der Waals surface area contributed by atoms with Crippen molar-refractivity contribution in [1.82, 2.24) is 10.2 Å². The van der Waals surface area contributed by atoms with E-state index in [1.54, 1.807) is 12.1 Å². The molecular weight excluding hydrogens is 294 g/mol. The SMILES string of the molecule is Oc1ccc(N2CCN(C(=S)NC3CCCCC3)CC2)cc1. The summed E-state index contributed by atoms with van der Waals surface area (Å²) in [6.07, 6.45) is 6.54. The van der Waals surface area contributed by atoms with Gasteiger partial charge in [-0.2, -0.15) is 0 Å². The van der Waals surface area contributed by atoms with Gasteiger partial charge in [-0.15, -0.1) is 0 Å². The van der Waals surface area contributed by atoms with Crippen molar-refractivity contribution in [2.45, 2.75) is 38.1 Å². The van der Waals surface area contributed by atoms with E-state index in [2.05, 4.69) is 15.1 Å². The van der Waals surface area contributed by atoms with Crippen LogP contribution in [-0.4, -0.2) is 47.3 Å². The lowest BCUT2D eigenvalue weighted by Gasteiger charge is -2.38. The number of hydrogen-bond acceptors (Lipinski definition) is 3. The zero-order chi connectivity index (χ0) is 15.4.